The van der Waals surface area contributed by atoms with Crippen LogP contribution in [0.15, 0.2) is 53.3 Å². The minimum absolute atomic E-state index is 0.0462. The zero-order valence-electron chi connectivity index (χ0n) is 20.1. The van der Waals surface area contributed by atoms with E-state index in [1.165, 1.54) is 11.3 Å². The smallest absolute Gasteiger partial charge is 0.346 e. The van der Waals surface area contributed by atoms with Crippen molar-refractivity contribution in [3.8, 4) is 5.75 Å². The highest BCUT2D eigenvalue weighted by molar-refractivity contribution is 6.30. The predicted molar refractivity (Wildman–Crippen MR) is 137 cm³/mol. The summed E-state index contributed by atoms with van der Waals surface area (Å²) in [5, 5.41) is 5.36. The molecule has 4 rings (SSSR count). The van der Waals surface area contributed by atoms with Crippen molar-refractivity contribution in [3.05, 3.63) is 75.4 Å². The molecular formula is C26H34ClN5O2. The van der Waals surface area contributed by atoms with Crippen LogP contribution in [0.1, 0.15) is 24.7 Å². The molecule has 8 heteroatoms. The van der Waals surface area contributed by atoms with Gasteiger partial charge in [-0.15, -0.1) is 0 Å². The van der Waals surface area contributed by atoms with Gasteiger partial charge in [-0.1, -0.05) is 42.3 Å². The van der Waals surface area contributed by atoms with Gasteiger partial charge in [0.15, 0.2) is 0 Å². The maximum atomic E-state index is 12.9. The molecule has 0 spiro atoms. The Kier molecular flexibility index (Phi) is 8.29. The average Bonchev–Trinajstić information content (AvgIpc) is 3.15. The van der Waals surface area contributed by atoms with Gasteiger partial charge in [-0.3, -0.25) is 9.47 Å². The second-order valence-electron chi connectivity index (χ2n) is 8.75. The SMILES string of the molecule is CCc1nn(CCCN2CCN(c3cccc(Cl)c3)CC2)c(=O)n1CCOc1ccc(C)cc1. The Balaban J connectivity index is 1.24. The van der Waals surface area contributed by atoms with E-state index in [4.69, 9.17) is 16.3 Å². The summed E-state index contributed by atoms with van der Waals surface area (Å²) in [4.78, 5) is 17.8. The lowest BCUT2D eigenvalue weighted by Crippen LogP contribution is -2.46. The van der Waals surface area contributed by atoms with Gasteiger partial charge in [0, 0.05) is 56.4 Å². The molecular weight excluding hydrogens is 450 g/mol. The predicted octanol–water partition coefficient (Wildman–Crippen LogP) is 3.86. The maximum absolute atomic E-state index is 12.9. The van der Waals surface area contributed by atoms with Crippen molar-refractivity contribution in [1.29, 1.82) is 0 Å². The van der Waals surface area contributed by atoms with Gasteiger partial charge in [-0.25, -0.2) is 9.48 Å². The molecule has 0 unspecified atom stereocenters. The second-order valence-corrected chi connectivity index (χ2v) is 9.19. The summed E-state index contributed by atoms with van der Waals surface area (Å²) in [7, 11) is 0. The molecule has 3 aromatic rings. The molecule has 1 fully saturated rings. The zero-order chi connectivity index (χ0) is 23.9. The zero-order valence-corrected chi connectivity index (χ0v) is 20.9. The number of piperazine rings is 1. The van der Waals surface area contributed by atoms with Gasteiger partial charge in [0.05, 0.1) is 6.54 Å². The number of hydrogen-bond donors (Lipinski definition) is 0. The fourth-order valence-electron chi connectivity index (χ4n) is 4.35. The standard InChI is InChI=1S/C26H34ClN5O2/c1-3-25-28-32(26(33)31(25)18-19-34-24-10-8-21(2)9-11-24)13-5-12-29-14-16-30(17-15-29)23-7-4-6-22(27)20-23/h4,6-11,20H,3,5,12-19H2,1-2H3. The Labute approximate surface area is 206 Å². The van der Waals surface area contributed by atoms with E-state index < -0.39 is 0 Å². The minimum Gasteiger partial charge on any atom is -0.492 e. The van der Waals surface area contributed by atoms with Gasteiger partial charge in [-0.2, -0.15) is 5.10 Å². The number of nitrogens with zero attached hydrogens (tertiary/aromatic N) is 5. The van der Waals surface area contributed by atoms with Crippen LogP contribution in [-0.4, -0.2) is 58.6 Å². The number of benzene rings is 2. The molecule has 0 atom stereocenters. The number of aryl methyl sites for hydroxylation is 3. The van der Waals surface area contributed by atoms with Crippen molar-refractivity contribution in [2.24, 2.45) is 0 Å². The lowest BCUT2D eigenvalue weighted by atomic mass is 10.2. The van der Waals surface area contributed by atoms with Crippen LogP contribution < -0.4 is 15.3 Å². The van der Waals surface area contributed by atoms with E-state index in [-0.39, 0.29) is 5.69 Å². The molecule has 1 aliphatic heterocycles. The van der Waals surface area contributed by atoms with Crippen molar-refractivity contribution in [1.82, 2.24) is 19.2 Å². The number of rotatable bonds is 10. The lowest BCUT2D eigenvalue weighted by molar-refractivity contribution is 0.248. The molecule has 0 radical (unpaired) electrons. The Morgan fingerprint density at radius 2 is 1.76 bits per heavy atom. The van der Waals surface area contributed by atoms with Crippen LogP contribution in [0, 0.1) is 6.92 Å². The molecule has 34 heavy (non-hydrogen) atoms. The fourth-order valence-corrected chi connectivity index (χ4v) is 4.54. The van der Waals surface area contributed by atoms with E-state index in [9.17, 15) is 4.79 Å². The van der Waals surface area contributed by atoms with Crippen LogP contribution >= 0.6 is 11.6 Å². The van der Waals surface area contributed by atoms with Gasteiger partial charge >= 0.3 is 5.69 Å². The molecule has 0 amide bonds. The number of hydrogen-bond acceptors (Lipinski definition) is 5. The van der Waals surface area contributed by atoms with Gasteiger partial charge in [-0.05, 0) is 43.7 Å². The first kappa shape index (κ1) is 24.4. The van der Waals surface area contributed by atoms with Crippen LogP contribution in [0.3, 0.4) is 0 Å². The first-order valence-electron chi connectivity index (χ1n) is 12.1. The number of aromatic nitrogens is 3. The van der Waals surface area contributed by atoms with E-state index in [1.54, 1.807) is 9.25 Å². The van der Waals surface area contributed by atoms with Crippen LogP contribution in [-0.2, 0) is 19.5 Å². The normalized spacial score (nSPS) is 14.5. The van der Waals surface area contributed by atoms with E-state index in [0.717, 1.165) is 62.2 Å². The molecule has 182 valence electrons. The number of ether oxygens (including phenoxy) is 1. The third kappa shape index (κ3) is 6.21. The van der Waals surface area contributed by atoms with Gasteiger partial charge in [0.25, 0.3) is 0 Å². The third-order valence-corrected chi connectivity index (χ3v) is 6.55. The van der Waals surface area contributed by atoms with Crippen molar-refractivity contribution < 1.29 is 4.74 Å². The van der Waals surface area contributed by atoms with E-state index >= 15 is 0 Å². The van der Waals surface area contributed by atoms with Crippen LogP contribution in [0.4, 0.5) is 5.69 Å². The molecule has 1 aliphatic rings. The molecule has 2 aromatic carbocycles. The summed E-state index contributed by atoms with van der Waals surface area (Å²) in [6, 6.07) is 16.0. The summed E-state index contributed by atoms with van der Waals surface area (Å²) in [5.41, 5.74) is 2.33. The van der Waals surface area contributed by atoms with E-state index in [0.29, 0.717) is 19.7 Å². The van der Waals surface area contributed by atoms with Gasteiger partial charge in [0.1, 0.15) is 18.2 Å². The van der Waals surface area contributed by atoms with E-state index in [1.807, 2.05) is 56.3 Å². The Hall–Kier alpha value is -2.77. The number of halogens is 1. The molecule has 0 bridgehead atoms. The summed E-state index contributed by atoms with van der Waals surface area (Å²) >= 11 is 6.14. The largest absolute Gasteiger partial charge is 0.492 e. The summed E-state index contributed by atoms with van der Waals surface area (Å²) in [5.74, 6) is 1.63. The average molecular weight is 484 g/mol. The molecule has 0 N–H and O–H groups in total. The molecule has 1 saturated heterocycles. The van der Waals surface area contributed by atoms with E-state index in [2.05, 4.69) is 21.0 Å². The molecule has 2 heterocycles. The summed E-state index contributed by atoms with van der Waals surface area (Å²) in [6.07, 6.45) is 1.62. The summed E-state index contributed by atoms with van der Waals surface area (Å²) < 4.78 is 9.19. The minimum atomic E-state index is -0.0462. The Morgan fingerprint density at radius 1 is 1.00 bits per heavy atom. The third-order valence-electron chi connectivity index (χ3n) is 6.31. The van der Waals surface area contributed by atoms with Crippen molar-refractivity contribution in [2.75, 3.05) is 44.2 Å². The molecule has 1 aromatic heterocycles. The Morgan fingerprint density at radius 3 is 2.47 bits per heavy atom. The van der Waals surface area contributed by atoms with Gasteiger partial charge < -0.3 is 9.64 Å². The van der Waals surface area contributed by atoms with Crippen molar-refractivity contribution >= 4 is 17.3 Å². The highest BCUT2D eigenvalue weighted by Gasteiger charge is 2.18. The summed E-state index contributed by atoms with van der Waals surface area (Å²) in [6.45, 7) is 10.6. The fraction of sp³-hybridized carbons (Fsp3) is 0.462. The van der Waals surface area contributed by atoms with Crippen LogP contribution in [0.2, 0.25) is 5.02 Å². The number of anilines is 1. The lowest BCUT2D eigenvalue weighted by Gasteiger charge is -2.36. The maximum Gasteiger partial charge on any atom is 0.346 e. The first-order chi connectivity index (χ1) is 16.5. The highest BCUT2D eigenvalue weighted by atomic mass is 35.5. The quantitative estimate of drug-likeness (QED) is 0.438. The molecule has 7 nitrogen and oxygen atoms in total. The van der Waals surface area contributed by atoms with Crippen LogP contribution in [0.5, 0.6) is 5.75 Å². The second kappa shape index (κ2) is 11.6. The van der Waals surface area contributed by atoms with Crippen molar-refractivity contribution in [3.63, 3.8) is 0 Å². The molecule has 0 aliphatic carbocycles. The van der Waals surface area contributed by atoms with Gasteiger partial charge in [0.2, 0.25) is 0 Å². The Bertz CT molecular complexity index is 1120. The van der Waals surface area contributed by atoms with Crippen molar-refractivity contribution in [2.45, 2.75) is 39.8 Å². The topological polar surface area (TPSA) is 55.5 Å². The highest BCUT2D eigenvalue weighted by Crippen LogP contribution is 2.20. The first-order valence-corrected chi connectivity index (χ1v) is 12.5. The van der Waals surface area contributed by atoms with Crippen LogP contribution in [0.25, 0.3) is 0 Å². The molecule has 0 saturated carbocycles. The monoisotopic (exact) mass is 483 g/mol.